The monoisotopic (exact) mass is 280 g/mol. The van der Waals surface area contributed by atoms with E-state index in [1.54, 1.807) is 6.07 Å². The van der Waals surface area contributed by atoms with Crippen molar-refractivity contribution in [2.24, 2.45) is 0 Å². The van der Waals surface area contributed by atoms with E-state index in [2.05, 4.69) is 5.32 Å². The molecule has 0 spiro atoms. The topological polar surface area (TPSA) is 55.0 Å². The Morgan fingerprint density at radius 2 is 2.00 bits per heavy atom. The summed E-state index contributed by atoms with van der Waals surface area (Å²) in [5, 5.41) is 4.13. The van der Waals surface area contributed by atoms with E-state index in [1.807, 2.05) is 18.2 Å². The summed E-state index contributed by atoms with van der Waals surface area (Å²) in [5.41, 5.74) is 8.62. The Labute approximate surface area is 93.9 Å². The van der Waals surface area contributed by atoms with E-state index < -0.39 is 0 Å². The Morgan fingerprint density at radius 3 is 2.54 bits per heavy atom. The van der Waals surface area contributed by atoms with Crippen molar-refractivity contribution < 1.29 is 22.4 Å². The number of rotatable bonds is 3. The zero-order valence-electron chi connectivity index (χ0n) is 6.87. The first kappa shape index (κ1) is 12.6. The van der Waals surface area contributed by atoms with Crippen LogP contribution in [0.5, 0.6) is 0 Å². The van der Waals surface area contributed by atoms with Crippen molar-refractivity contribution in [1.29, 1.82) is 0 Å². The molecule has 0 saturated heterocycles. The molecular formula is C8H9N2OSTc. The van der Waals surface area contributed by atoms with Gasteiger partial charge < -0.3 is 23.7 Å². The third kappa shape index (κ3) is 5.03. The summed E-state index contributed by atoms with van der Waals surface area (Å²) in [6.45, 7) is 0.630. The molecule has 5 heteroatoms. The number of nitrogens with zero attached hydrogens (tertiary/aromatic N) is 1. The first-order valence-corrected chi connectivity index (χ1v) is 4.90. The maximum absolute atomic E-state index is 8.22. The van der Waals surface area contributed by atoms with Crippen molar-refractivity contribution in [1.82, 2.24) is 0 Å². The van der Waals surface area contributed by atoms with E-state index in [0.29, 0.717) is 18.0 Å². The average Bonchev–Trinajstić information content (AvgIpc) is 2.20. The zero-order chi connectivity index (χ0) is 10.1. The fraction of sp³-hybridized carbons (Fsp3) is 0.250. The fourth-order valence-corrected chi connectivity index (χ4v) is 0.869. The van der Waals surface area contributed by atoms with Gasteiger partial charge in [-0.15, -0.1) is 0 Å². The summed E-state index contributed by atoms with van der Waals surface area (Å²) in [5.74, 6) is 0.619. The van der Waals surface area contributed by atoms with Gasteiger partial charge in [-0.1, -0.05) is 24.3 Å². The van der Waals surface area contributed by atoms with E-state index in [0.717, 1.165) is 24.5 Å². The summed E-state index contributed by atoms with van der Waals surface area (Å²) in [7, 11) is 0. The van der Waals surface area contributed by atoms with Crippen LogP contribution in [0.4, 0.5) is 11.4 Å². The Morgan fingerprint density at radius 1 is 1.38 bits per heavy atom. The van der Waals surface area contributed by atoms with Gasteiger partial charge in [0.1, 0.15) is 0 Å². The van der Waals surface area contributed by atoms with Crippen LogP contribution in [0.2, 0.25) is 0 Å². The van der Waals surface area contributed by atoms with Crippen LogP contribution in [0, 0.1) is 0 Å². The second-order valence-corrected chi connectivity index (χ2v) is 2.51. The number of nitrogens with one attached hydrogen (secondary N) is 1. The predicted molar refractivity (Wildman–Crippen MR) is 51.2 cm³/mol. The van der Waals surface area contributed by atoms with E-state index in [1.165, 1.54) is 0 Å². The van der Waals surface area contributed by atoms with Crippen LogP contribution < -0.4 is 0 Å². The molecule has 0 aromatic heterocycles. The Bertz CT molecular complexity index is 247. The predicted octanol–water partition coefficient (Wildman–Crippen LogP) is 2.80. The number of para-hydroxylation sites is 1. The molecule has 0 amide bonds. The number of hydrogen-bond donors (Lipinski definition) is 0. The summed E-state index contributed by atoms with van der Waals surface area (Å²) in [6.07, 6.45) is 0. The molecule has 0 saturated carbocycles. The average molecular weight is 280 g/mol. The molecule has 0 unspecified atom stereocenters. The number of hydrogen-bond acceptors (Lipinski definition) is 2. The van der Waals surface area contributed by atoms with Crippen molar-refractivity contribution >= 4 is 24.0 Å². The molecule has 0 radical (unpaired) electrons. The molecule has 13 heavy (non-hydrogen) atoms. The molecule has 0 bridgehead atoms. The quantitative estimate of drug-likeness (QED) is 0.799. The van der Waals surface area contributed by atoms with Crippen molar-refractivity contribution in [2.75, 3.05) is 12.3 Å². The van der Waals surface area contributed by atoms with Gasteiger partial charge >= 0.3 is 22.4 Å². The first-order chi connectivity index (χ1) is 6.34. The molecule has 0 heterocycles. The van der Waals surface area contributed by atoms with Crippen LogP contribution in [-0.4, -0.2) is 12.3 Å². The Balaban J connectivity index is 0.000000671. The van der Waals surface area contributed by atoms with Crippen molar-refractivity contribution in [3.8, 4) is 0 Å². The van der Waals surface area contributed by atoms with Crippen LogP contribution in [0.15, 0.2) is 24.3 Å². The molecule has 1 aromatic carbocycles. The standard InChI is InChI=1S/C8H10N2S.O.Tc/c9-7-3-1-2-4-8(7)10-5-6-11;;/h1-4,9,11H,5-6H2;;/q-2;;+3/p-1/i;;1+1. The molecule has 1 rings (SSSR count). The number of benzene rings is 1. The van der Waals surface area contributed by atoms with Crippen LogP contribution in [0.25, 0.3) is 11.1 Å². The Hall–Kier alpha value is -0.381. The molecule has 0 aliphatic heterocycles. The maximum atomic E-state index is 8.22. The molecule has 1 aromatic rings. The summed E-state index contributed by atoms with van der Waals surface area (Å²) in [4.78, 5) is 0. The van der Waals surface area contributed by atoms with Gasteiger partial charge in [0.05, 0.1) is 0 Å². The molecule has 0 aliphatic rings. The summed E-state index contributed by atoms with van der Waals surface area (Å²) in [6, 6.07) is 7.25. The third-order valence-corrected chi connectivity index (χ3v) is 1.46. The third-order valence-electron chi connectivity index (χ3n) is 1.28. The molecular weight excluding hydrogens is 271 g/mol. The van der Waals surface area contributed by atoms with Gasteiger partial charge in [0, 0.05) is 0 Å². The van der Waals surface area contributed by atoms with Crippen molar-refractivity contribution in [3.63, 3.8) is 0 Å². The molecule has 0 atom stereocenters. The molecule has 0 fully saturated rings. The second kappa shape index (κ2) is 8.23. The molecule has 0 aliphatic carbocycles. The van der Waals surface area contributed by atoms with E-state index >= 15 is 0 Å². The SMILES string of the molecule is [NH-]c1ccccc1[N-]CC[S-].[O]=[99Tc+3]. The van der Waals surface area contributed by atoms with Crippen LogP contribution >= 0.6 is 0 Å². The van der Waals surface area contributed by atoms with Gasteiger partial charge in [-0.05, 0) is 0 Å². The van der Waals surface area contributed by atoms with Gasteiger partial charge in [0.2, 0.25) is 0 Å². The van der Waals surface area contributed by atoms with Gasteiger partial charge in [-0.2, -0.15) is 23.7 Å². The van der Waals surface area contributed by atoms with Gasteiger partial charge in [0.15, 0.2) is 0 Å². The normalized spacial score (nSPS) is 8.31. The summed E-state index contributed by atoms with van der Waals surface area (Å²) < 4.78 is 8.22. The molecule has 70 valence electrons. The van der Waals surface area contributed by atoms with E-state index in [4.69, 9.17) is 21.9 Å². The second-order valence-electron chi connectivity index (χ2n) is 2.10. The van der Waals surface area contributed by atoms with E-state index in [9.17, 15) is 0 Å². The molecule has 3 nitrogen and oxygen atoms in total. The minimum atomic E-state index is 0.468. The van der Waals surface area contributed by atoms with Crippen LogP contribution in [0.3, 0.4) is 0 Å². The van der Waals surface area contributed by atoms with Crippen molar-refractivity contribution in [2.45, 2.75) is 0 Å². The van der Waals surface area contributed by atoms with Crippen LogP contribution in [0.1, 0.15) is 0 Å². The van der Waals surface area contributed by atoms with Gasteiger partial charge in [0.25, 0.3) is 0 Å². The first-order valence-electron chi connectivity index (χ1n) is 3.56. The Kier molecular flexibility index (Phi) is 7.99. The van der Waals surface area contributed by atoms with Crippen molar-refractivity contribution in [3.05, 3.63) is 35.3 Å². The van der Waals surface area contributed by atoms with Gasteiger partial charge in [-0.25, -0.2) is 0 Å². The van der Waals surface area contributed by atoms with E-state index in [-0.39, 0.29) is 0 Å². The van der Waals surface area contributed by atoms with Crippen LogP contribution in [-0.2, 0) is 35.0 Å². The fourth-order valence-electron chi connectivity index (χ4n) is 0.778. The minimum absolute atomic E-state index is 0.468. The summed E-state index contributed by atoms with van der Waals surface area (Å²) >= 11 is 5.64. The zero-order valence-corrected chi connectivity index (χ0v) is 9.54. The van der Waals surface area contributed by atoms with Gasteiger partial charge in [-0.3, -0.25) is 0 Å². The molecule has 1 N–H and O–H groups in total.